The summed E-state index contributed by atoms with van der Waals surface area (Å²) in [5, 5.41) is 7.69. The Kier molecular flexibility index (Phi) is 7.96. The van der Waals surface area contributed by atoms with Crippen molar-refractivity contribution < 1.29 is 22.8 Å². The SMILES string of the molecule is O=C(Cn1cc(Cl)cc(C(F)(F)F)c1=O)N1CCC(c2nc(C3=NOC(c4ccc(Cl)c(Cl)c4)C3)cs2)CC1. The summed E-state index contributed by atoms with van der Waals surface area (Å²) in [6.45, 7) is 0.265. The van der Waals surface area contributed by atoms with Gasteiger partial charge >= 0.3 is 6.18 Å². The van der Waals surface area contributed by atoms with E-state index < -0.39 is 29.8 Å². The Morgan fingerprint density at radius 3 is 2.56 bits per heavy atom. The zero-order valence-electron chi connectivity index (χ0n) is 20.1. The Morgan fingerprint density at radius 1 is 1.13 bits per heavy atom. The number of piperidine rings is 1. The molecule has 4 heterocycles. The van der Waals surface area contributed by atoms with Gasteiger partial charge in [0.2, 0.25) is 5.91 Å². The summed E-state index contributed by atoms with van der Waals surface area (Å²) in [5.41, 5.74) is -0.374. The molecule has 0 saturated carbocycles. The highest BCUT2D eigenvalue weighted by Crippen LogP contribution is 2.35. The second kappa shape index (κ2) is 11.1. The minimum Gasteiger partial charge on any atom is -0.387 e. The number of halogens is 6. The van der Waals surface area contributed by atoms with Crippen LogP contribution in [0.25, 0.3) is 0 Å². The highest BCUT2D eigenvalue weighted by molar-refractivity contribution is 7.10. The predicted octanol–water partition coefficient (Wildman–Crippen LogP) is 6.56. The number of thiazole rings is 1. The van der Waals surface area contributed by atoms with E-state index in [1.807, 2.05) is 11.4 Å². The number of pyridine rings is 1. The van der Waals surface area contributed by atoms with Crippen LogP contribution < -0.4 is 5.56 Å². The summed E-state index contributed by atoms with van der Waals surface area (Å²) >= 11 is 19.4. The van der Waals surface area contributed by atoms with Gasteiger partial charge in [0.1, 0.15) is 17.8 Å². The van der Waals surface area contributed by atoms with Gasteiger partial charge in [0.25, 0.3) is 5.56 Å². The number of aromatic nitrogens is 2. The Balaban J connectivity index is 1.18. The number of benzene rings is 1. The molecular formula is C25H20Cl3F3N4O3S. The minimum atomic E-state index is -4.86. The van der Waals surface area contributed by atoms with Crippen LogP contribution in [-0.4, -0.2) is 39.2 Å². The highest BCUT2D eigenvalue weighted by Gasteiger charge is 2.35. The summed E-state index contributed by atoms with van der Waals surface area (Å²) in [7, 11) is 0. The van der Waals surface area contributed by atoms with Gasteiger partial charge in [-0.25, -0.2) is 4.98 Å². The van der Waals surface area contributed by atoms with Crippen LogP contribution in [0, 0.1) is 0 Å². The van der Waals surface area contributed by atoms with Gasteiger partial charge in [0.15, 0.2) is 6.10 Å². The minimum absolute atomic E-state index is 0.118. The third-order valence-corrected chi connectivity index (χ3v) is 8.62. The molecule has 7 nitrogen and oxygen atoms in total. The molecule has 1 unspecified atom stereocenters. The molecule has 39 heavy (non-hydrogen) atoms. The number of alkyl halides is 3. The van der Waals surface area contributed by atoms with Crippen LogP contribution in [0.1, 0.15) is 53.1 Å². The zero-order chi connectivity index (χ0) is 27.9. The molecule has 3 aromatic rings. The molecule has 1 aromatic carbocycles. The number of hydrogen-bond acceptors (Lipinski definition) is 6. The number of carbonyl (C=O) groups excluding carboxylic acids is 1. The maximum Gasteiger partial charge on any atom is 0.421 e. The van der Waals surface area contributed by atoms with Crippen molar-refractivity contribution in [3.05, 3.63) is 83.1 Å². The third kappa shape index (κ3) is 6.11. The van der Waals surface area contributed by atoms with E-state index in [0.717, 1.165) is 28.2 Å². The van der Waals surface area contributed by atoms with Gasteiger partial charge in [-0.2, -0.15) is 13.2 Å². The second-order valence-electron chi connectivity index (χ2n) is 9.24. The molecule has 0 spiro atoms. The van der Waals surface area contributed by atoms with Crippen molar-refractivity contribution in [2.24, 2.45) is 5.16 Å². The van der Waals surface area contributed by atoms with Crippen LogP contribution >= 0.6 is 46.1 Å². The van der Waals surface area contributed by atoms with E-state index in [4.69, 9.17) is 44.6 Å². The lowest BCUT2D eigenvalue weighted by Crippen LogP contribution is -2.41. The maximum absolute atomic E-state index is 13.1. The molecule has 1 fully saturated rings. The van der Waals surface area contributed by atoms with Crippen molar-refractivity contribution in [1.29, 1.82) is 0 Å². The van der Waals surface area contributed by atoms with Crippen LogP contribution in [0.2, 0.25) is 15.1 Å². The highest BCUT2D eigenvalue weighted by atomic mass is 35.5. The molecular weight excluding hydrogens is 600 g/mol. The molecule has 206 valence electrons. The normalized spacial score (nSPS) is 18.3. The quantitative estimate of drug-likeness (QED) is 0.324. The van der Waals surface area contributed by atoms with E-state index in [1.165, 1.54) is 11.3 Å². The van der Waals surface area contributed by atoms with E-state index in [1.54, 1.807) is 17.0 Å². The average Bonchev–Trinajstić information content (AvgIpc) is 3.57. The maximum atomic E-state index is 13.1. The van der Waals surface area contributed by atoms with Crippen molar-refractivity contribution >= 4 is 57.8 Å². The molecule has 1 amide bonds. The first-order chi connectivity index (χ1) is 18.5. The first-order valence-corrected chi connectivity index (χ1v) is 13.9. The third-order valence-electron chi connectivity index (χ3n) is 6.66. The van der Waals surface area contributed by atoms with E-state index in [-0.39, 0.29) is 17.0 Å². The van der Waals surface area contributed by atoms with Crippen molar-refractivity contribution in [2.75, 3.05) is 13.1 Å². The summed E-state index contributed by atoms with van der Waals surface area (Å²) in [6, 6.07) is 5.88. The molecule has 5 rings (SSSR count). The molecule has 1 saturated heterocycles. The molecule has 1 atom stereocenters. The molecule has 2 aliphatic rings. The fraction of sp³-hybridized carbons (Fsp3) is 0.360. The Bertz CT molecular complexity index is 1500. The fourth-order valence-electron chi connectivity index (χ4n) is 4.57. The Hall–Kier alpha value is -2.60. The summed E-state index contributed by atoms with van der Waals surface area (Å²) < 4.78 is 40.1. The van der Waals surface area contributed by atoms with Crippen LogP contribution in [0.4, 0.5) is 13.2 Å². The smallest absolute Gasteiger partial charge is 0.387 e. The van der Waals surface area contributed by atoms with Crippen molar-refractivity contribution in [3.8, 4) is 0 Å². The molecule has 14 heteroatoms. The summed E-state index contributed by atoms with van der Waals surface area (Å²) in [6.07, 6.45) is -2.31. The van der Waals surface area contributed by atoms with Crippen LogP contribution in [0.3, 0.4) is 0 Å². The van der Waals surface area contributed by atoms with E-state index in [9.17, 15) is 22.8 Å². The topological polar surface area (TPSA) is 76.8 Å². The number of oxime groups is 1. The largest absolute Gasteiger partial charge is 0.421 e. The number of rotatable bonds is 5. The number of likely N-dealkylation sites (tertiary alicyclic amines) is 1. The van der Waals surface area contributed by atoms with Crippen LogP contribution in [0.15, 0.2) is 45.8 Å². The lowest BCUT2D eigenvalue weighted by molar-refractivity contribution is -0.139. The lowest BCUT2D eigenvalue weighted by Gasteiger charge is -2.31. The monoisotopic (exact) mass is 618 g/mol. The van der Waals surface area contributed by atoms with E-state index >= 15 is 0 Å². The Morgan fingerprint density at radius 2 is 1.87 bits per heavy atom. The standard InChI is InChI=1S/C25H20Cl3F3N4O3S/c26-15-8-16(25(29,30)31)24(37)35(10-15)11-22(36)34-5-3-13(4-6-34)23-32-20(12-39-23)19-9-21(38-33-19)14-1-2-17(27)18(28)7-14/h1-2,7-8,10,12-13,21H,3-6,9,11H2. The predicted molar refractivity (Wildman–Crippen MR) is 143 cm³/mol. The van der Waals surface area contributed by atoms with Gasteiger partial charge in [0.05, 0.1) is 25.8 Å². The number of nitrogens with zero attached hydrogens (tertiary/aromatic N) is 4. The second-order valence-corrected chi connectivity index (χ2v) is 11.4. The van der Waals surface area contributed by atoms with Crippen molar-refractivity contribution in [3.63, 3.8) is 0 Å². The van der Waals surface area contributed by atoms with Gasteiger partial charge in [-0.3, -0.25) is 9.59 Å². The van der Waals surface area contributed by atoms with Crippen LogP contribution in [0.5, 0.6) is 0 Å². The first-order valence-electron chi connectivity index (χ1n) is 11.9. The molecule has 0 bridgehead atoms. The van der Waals surface area contributed by atoms with Gasteiger partial charge in [-0.05, 0) is 36.6 Å². The molecule has 2 aliphatic heterocycles. The molecule has 2 aromatic heterocycles. The Labute approximate surface area is 239 Å². The van der Waals surface area contributed by atoms with Gasteiger partial charge in [-0.1, -0.05) is 46.0 Å². The number of amides is 1. The first kappa shape index (κ1) is 27.9. The van der Waals surface area contributed by atoms with E-state index in [2.05, 4.69) is 5.16 Å². The molecule has 0 N–H and O–H groups in total. The molecule has 0 radical (unpaired) electrons. The van der Waals surface area contributed by atoms with Gasteiger partial charge in [0, 0.05) is 37.0 Å². The zero-order valence-corrected chi connectivity index (χ0v) is 23.1. The fourth-order valence-corrected chi connectivity index (χ4v) is 6.10. The number of hydrogen-bond donors (Lipinski definition) is 0. The summed E-state index contributed by atoms with van der Waals surface area (Å²) in [5.74, 6) is -0.330. The van der Waals surface area contributed by atoms with Crippen molar-refractivity contribution in [2.45, 2.75) is 44.0 Å². The molecule has 0 aliphatic carbocycles. The average molecular weight is 620 g/mol. The summed E-state index contributed by atoms with van der Waals surface area (Å²) in [4.78, 5) is 36.9. The number of carbonyl (C=O) groups is 1. The van der Waals surface area contributed by atoms with E-state index in [0.29, 0.717) is 53.0 Å². The van der Waals surface area contributed by atoms with Gasteiger partial charge in [-0.15, -0.1) is 11.3 Å². The van der Waals surface area contributed by atoms with Gasteiger partial charge < -0.3 is 14.3 Å². The van der Waals surface area contributed by atoms with Crippen LogP contribution in [-0.2, 0) is 22.4 Å². The van der Waals surface area contributed by atoms with Crippen molar-refractivity contribution in [1.82, 2.24) is 14.5 Å². The lowest BCUT2D eigenvalue weighted by atomic mass is 9.97.